The third-order valence-electron chi connectivity index (χ3n) is 4.21. The number of carbonyl (C=O) groups is 4. The van der Waals surface area contributed by atoms with Crippen LogP contribution in [0.25, 0.3) is 0 Å². The van der Waals surface area contributed by atoms with E-state index in [-0.39, 0.29) is 30.0 Å². The molecule has 0 saturated carbocycles. The molecule has 1 aromatic carbocycles. The first-order chi connectivity index (χ1) is 11.4. The summed E-state index contributed by atoms with van der Waals surface area (Å²) in [5, 5.41) is 5.30. The lowest BCUT2D eigenvalue weighted by molar-refractivity contribution is -0.136. The van der Waals surface area contributed by atoms with E-state index in [2.05, 4.69) is 10.6 Å². The molecule has 8 heteroatoms. The average molecular weight is 330 g/mol. The Morgan fingerprint density at radius 1 is 1.25 bits per heavy atom. The fourth-order valence-electron chi connectivity index (χ4n) is 2.90. The summed E-state index contributed by atoms with van der Waals surface area (Å²) in [6.45, 7) is 2.32. The van der Waals surface area contributed by atoms with Crippen LogP contribution in [0, 0.1) is 0 Å². The van der Waals surface area contributed by atoms with Gasteiger partial charge >= 0.3 is 0 Å². The first kappa shape index (κ1) is 16.1. The summed E-state index contributed by atoms with van der Waals surface area (Å²) in [5.74, 6) is -2.04. The monoisotopic (exact) mass is 330 g/mol. The Morgan fingerprint density at radius 2 is 1.96 bits per heavy atom. The van der Waals surface area contributed by atoms with E-state index in [4.69, 9.17) is 5.73 Å². The Bertz CT molecular complexity index is 746. The van der Waals surface area contributed by atoms with Gasteiger partial charge in [0.05, 0.1) is 11.1 Å². The normalized spacial score (nSPS) is 21.6. The topological polar surface area (TPSA) is 122 Å². The van der Waals surface area contributed by atoms with Gasteiger partial charge in [-0.15, -0.1) is 0 Å². The van der Waals surface area contributed by atoms with E-state index in [0.717, 1.165) is 4.90 Å². The van der Waals surface area contributed by atoms with Crippen LogP contribution in [0.3, 0.4) is 0 Å². The molecule has 2 unspecified atom stereocenters. The van der Waals surface area contributed by atoms with E-state index in [9.17, 15) is 19.2 Å². The van der Waals surface area contributed by atoms with Crippen molar-refractivity contribution in [3.63, 3.8) is 0 Å². The third-order valence-corrected chi connectivity index (χ3v) is 4.21. The van der Waals surface area contributed by atoms with Crippen molar-refractivity contribution < 1.29 is 19.2 Å². The van der Waals surface area contributed by atoms with Gasteiger partial charge in [0.25, 0.3) is 11.8 Å². The molecule has 24 heavy (non-hydrogen) atoms. The fourth-order valence-corrected chi connectivity index (χ4v) is 2.90. The summed E-state index contributed by atoms with van der Waals surface area (Å²) in [4.78, 5) is 49.3. The van der Waals surface area contributed by atoms with Gasteiger partial charge in [0.2, 0.25) is 11.8 Å². The summed E-state index contributed by atoms with van der Waals surface area (Å²) in [7, 11) is 0. The summed E-state index contributed by atoms with van der Waals surface area (Å²) in [6.07, 6.45) is 0.246. The number of piperidine rings is 1. The highest BCUT2D eigenvalue weighted by Crippen LogP contribution is 2.29. The number of rotatable bonds is 4. The molecule has 0 radical (unpaired) electrons. The molecule has 2 aliphatic heterocycles. The van der Waals surface area contributed by atoms with Crippen molar-refractivity contribution in [2.75, 3.05) is 11.9 Å². The molecule has 4 N–H and O–H groups in total. The van der Waals surface area contributed by atoms with Crippen LogP contribution >= 0.6 is 0 Å². The summed E-state index contributed by atoms with van der Waals surface area (Å²) >= 11 is 0. The molecule has 1 fully saturated rings. The molecule has 2 atom stereocenters. The Morgan fingerprint density at radius 3 is 2.62 bits per heavy atom. The lowest BCUT2D eigenvalue weighted by atomic mass is 10.0. The zero-order valence-corrected chi connectivity index (χ0v) is 13.2. The molecule has 0 aliphatic carbocycles. The molecule has 2 aliphatic rings. The highest BCUT2D eigenvalue weighted by molar-refractivity contribution is 6.23. The number of amides is 4. The van der Waals surface area contributed by atoms with E-state index in [0.29, 0.717) is 12.2 Å². The Labute approximate surface area is 138 Å². The minimum absolute atomic E-state index is 0.0153. The number of nitrogens with two attached hydrogens (primary N) is 1. The molecule has 8 nitrogen and oxygen atoms in total. The average Bonchev–Trinajstić information content (AvgIpc) is 2.79. The highest BCUT2D eigenvalue weighted by atomic mass is 16.2. The van der Waals surface area contributed by atoms with Crippen LogP contribution in [0.4, 0.5) is 5.69 Å². The predicted octanol–water partition coefficient (Wildman–Crippen LogP) is -0.153. The number of anilines is 1. The van der Waals surface area contributed by atoms with Crippen LogP contribution < -0.4 is 16.4 Å². The maximum atomic E-state index is 12.6. The molecule has 126 valence electrons. The second-order valence-electron chi connectivity index (χ2n) is 5.99. The third kappa shape index (κ3) is 2.65. The van der Waals surface area contributed by atoms with Crippen LogP contribution in [0.5, 0.6) is 0 Å². The number of carbonyl (C=O) groups excluding carboxylic acids is 4. The Balaban J connectivity index is 1.88. The second kappa shape index (κ2) is 6.04. The lowest BCUT2D eigenvalue weighted by Gasteiger charge is -2.27. The molecule has 2 heterocycles. The standard InChI is InChI=1S/C16H18N4O4/c1-8(7-17)18-9-2-3-10-11(6-9)16(24)20(15(10)23)12-4-5-13(21)19-14(12)22/h2-3,6,8,12,18H,4-5,7,17H2,1H3,(H,19,21,22). The van der Waals surface area contributed by atoms with E-state index in [1.807, 2.05) is 6.92 Å². The SMILES string of the molecule is CC(CN)Nc1ccc2c(c1)C(=O)N(C1CCC(=O)NC1=O)C2=O. The van der Waals surface area contributed by atoms with E-state index in [1.54, 1.807) is 18.2 Å². The van der Waals surface area contributed by atoms with Crippen molar-refractivity contribution in [2.45, 2.75) is 31.8 Å². The first-order valence-corrected chi connectivity index (χ1v) is 7.74. The number of benzene rings is 1. The van der Waals surface area contributed by atoms with E-state index >= 15 is 0 Å². The predicted molar refractivity (Wildman–Crippen MR) is 85.3 cm³/mol. The maximum Gasteiger partial charge on any atom is 0.262 e. The Kier molecular flexibility index (Phi) is 4.06. The van der Waals surface area contributed by atoms with Gasteiger partial charge in [0, 0.05) is 24.7 Å². The quantitative estimate of drug-likeness (QED) is 0.660. The van der Waals surface area contributed by atoms with Gasteiger partial charge in [0.1, 0.15) is 6.04 Å². The lowest BCUT2D eigenvalue weighted by Crippen LogP contribution is -2.54. The van der Waals surface area contributed by atoms with Crippen LogP contribution in [-0.4, -0.2) is 47.2 Å². The molecule has 0 aromatic heterocycles. The van der Waals surface area contributed by atoms with Crippen molar-refractivity contribution in [3.8, 4) is 0 Å². The molecule has 3 rings (SSSR count). The number of hydrogen-bond acceptors (Lipinski definition) is 6. The highest BCUT2D eigenvalue weighted by Gasteiger charge is 2.44. The van der Waals surface area contributed by atoms with Crippen LogP contribution in [0.15, 0.2) is 18.2 Å². The van der Waals surface area contributed by atoms with E-state index < -0.39 is 29.7 Å². The molecule has 1 aromatic rings. The number of hydrogen-bond donors (Lipinski definition) is 3. The maximum absolute atomic E-state index is 12.6. The number of nitrogens with zero attached hydrogens (tertiary/aromatic N) is 1. The number of nitrogens with one attached hydrogen (secondary N) is 2. The minimum atomic E-state index is -0.950. The molecular weight excluding hydrogens is 312 g/mol. The van der Waals surface area contributed by atoms with Gasteiger partial charge < -0.3 is 11.1 Å². The van der Waals surface area contributed by atoms with Gasteiger partial charge in [0.15, 0.2) is 0 Å². The van der Waals surface area contributed by atoms with Gasteiger partial charge in [-0.2, -0.15) is 0 Å². The zero-order chi connectivity index (χ0) is 17.4. The van der Waals surface area contributed by atoms with Crippen molar-refractivity contribution >= 4 is 29.3 Å². The van der Waals surface area contributed by atoms with Gasteiger partial charge in [-0.1, -0.05) is 0 Å². The van der Waals surface area contributed by atoms with Crippen LogP contribution in [0.2, 0.25) is 0 Å². The molecule has 0 spiro atoms. The second-order valence-corrected chi connectivity index (χ2v) is 5.99. The van der Waals surface area contributed by atoms with Crippen LogP contribution in [0.1, 0.15) is 40.5 Å². The fraction of sp³-hybridized carbons (Fsp3) is 0.375. The van der Waals surface area contributed by atoms with E-state index in [1.165, 1.54) is 0 Å². The smallest absolute Gasteiger partial charge is 0.262 e. The minimum Gasteiger partial charge on any atom is -0.381 e. The molecule has 4 amide bonds. The first-order valence-electron chi connectivity index (χ1n) is 7.74. The van der Waals surface area contributed by atoms with Crippen molar-refractivity contribution in [1.29, 1.82) is 0 Å². The number of imide groups is 2. The largest absolute Gasteiger partial charge is 0.381 e. The zero-order valence-electron chi connectivity index (χ0n) is 13.2. The van der Waals surface area contributed by atoms with Crippen molar-refractivity contribution in [3.05, 3.63) is 29.3 Å². The summed E-state index contributed by atoms with van der Waals surface area (Å²) in [6, 6.07) is 3.92. The number of fused-ring (bicyclic) bond motifs is 1. The molecule has 1 saturated heterocycles. The van der Waals surface area contributed by atoms with Gasteiger partial charge in [-0.05, 0) is 31.5 Å². The Hall–Kier alpha value is -2.74. The van der Waals surface area contributed by atoms with Crippen molar-refractivity contribution in [2.24, 2.45) is 5.73 Å². The van der Waals surface area contributed by atoms with Gasteiger partial charge in [-0.25, -0.2) is 0 Å². The van der Waals surface area contributed by atoms with Crippen molar-refractivity contribution in [1.82, 2.24) is 10.2 Å². The van der Waals surface area contributed by atoms with Crippen LogP contribution in [-0.2, 0) is 9.59 Å². The summed E-state index contributed by atoms with van der Waals surface area (Å²) in [5.41, 5.74) is 6.75. The summed E-state index contributed by atoms with van der Waals surface area (Å²) < 4.78 is 0. The molecule has 0 bridgehead atoms. The van der Waals surface area contributed by atoms with Gasteiger partial charge in [-0.3, -0.25) is 29.4 Å². The molecular formula is C16H18N4O4.